The van der Waals surface area contributed by atoms with Crippen LogP contribution in [0.2, 0.25) is 0 Å². The highest BCUT2D eigenvalue weighted by Gasteiger charge is 2.17. The van der Waals surface area contributed by atoms with Crippen molar-refractivity contribution in [2.75, 3.05) is 0 Å². The van der Waals surface area contributed by atoms with E-state index in [-0.39, 0.29) is 0 Å². The lowest BCUT2D eigenvalue weighted by Gasteiger charge is -2.08. The Kier molecular flexibility index (Phi) is 8.29. The summed E-state index contributed by atoms with van der Waals surface area (Å²) in [5, 5.41) is 18.5. The van der Waals surface area contributed by atoms with Crippen LogP contribution < -0.4 is 0 Å². The minimum absolute atomic E-state index is 0.655. The molecular formula is C50H31BrN6. The van der Waals surface area contributed by atoms with Gasteiger partial charge in [0.1, 0.15) is 0 Å². The van der Waals surface area contributed by atoms with Gasteiger partial charge in [-0.2, -0.15) is 5.26 Å². The molecule has 7 heteroatoms. The van der Waals surface area contributed by atoms with Crippen LogP contribution >= 0.6 is 15.9 Å². The lowest BCUT2D eigenvalue weighted by molar-refractivity contribution is 1.18. The summed E-state index contributed by atoms with van der Waals surface area (Å²) in [6, 6.07) is 59.8. The third-order valence-corrected chi connectivity index (χ3v) is 11.2. The van der Waals surface area contributed by atoms with E-state index in [2.05, 4.69) is 162 Å². The number of hydrogen-bond acceptors (Lipinski definition) is 1. The number of nitrogens with one attached hydrogen (secondary N) is 3. The van der Waals surface area contributed by atoms with Crippen molar-refractivity contribution >= 4 is 109 Å². The summed E-state index contributed by atoms with van der Waals surface area (Å²) in [7, 11) is 0. The Morgan fingerprint density at radius 3 is 1.65 bits per heavy atom. The highest BCUT2D eigenvalue weighted by atomic mass is 79.9. The molecule has 4 aromatic heterocycles. The summed E-state index contributed by atoms with van der Waals surface area (Å²) in [4.78, 5) is 14.2. The van der Waals surface area contributed by atoms with Gasteiger partial charge in [-0.15, -0.1) is 0 Å². The van der Waals surface area contributed by atoms with E-state index in [1.807, 2.05) is 42.5 Å². The molecule has 12 aromatic rings. The molecule has 12 rings (SSSR count). The van der Waals surface area contributed by atoms with Crippen LogP contribution in [0.3, 0.4) is 0 Å². The monoisotopic (exact) mass is 794 g/mol. The number of benzene rings is 8. The van der Waals surface area contributed by atoms with Gasteiger partial charge < -0.3 is 19.5 Å². The fourth-order valence-corrected chi connectivity index (χ4v) is 8.38. The summed E-state index contributed by atoms with van der Waals surface area (Å²) in [6.07, 6.45) is 0. The largest absolute Gasteiger partial charge is 0.354 e. The molecule has 268 valence electrons. The Morgan fingerprint density at radius 1 is 0.474 bits per heavy atom. The predicted octanol–water partition coefficient (Wildman–Crippen LogP) is 14.2. The second-order valence-corrected chi connectivity index (χ2v) is 14.8. The third-order valence-electron chi connectivity index (χ3n) is 10.7. The molecule has 0 atom stereocenters. The molecule has 57 heavy (non-hydrogen) atoms. The van der Waals surface area contributed by atoms with Crippen molar-refractivity contribution in [3.63, 3.8) is 0 Å². The number of aromatic nitrogens is 4. The first kappa shape index (κ1) is 33.9. The fraction of sp³-hybridized carbons (Fsp3) is 0. The highest BCUT2D eigenvalue weighted by molar-refractivity contribution is 9.10. The molecular weight excluding hydrogens is 764 g/mol. The van der Waals surface area contributed by atoms with E-state index in [4.69, 9.17) is 11.8 Å². The maximum Gasteiger partial charge on any atom is 0.187 e. The fourth-order valence-electron chi connectivity index (χ4n) is 8.11. The second-order valence-electron chi connectivity index (χ2n) is 13.9. The number of rotatable bonds is 1. The minimum Gasteiger partial charge on any atom is -0.354 e. The Morgan fingerprint density at radius 2 is 1.02 bits per heavy atom. The van der Waals surface area contributed by atoms with Gasteiger partial charge in [-0.05, 0) is 72.8 Å². The number of hydrogen-bond donors (Lipinski definition) is 3. The zero-order valence-corrected chi connectivity index (χ0v) is 32.0. The molecule has 0 aliphatic rings. The first-order valence-corrected chi connectivity index (χ1v) is 19.3. The quantitative estimate of drug-likeness (QED) is 0.142. The van der Waals surface area contributed by atoms with Crippen LogP contribution in [0.1, 0.15) is 5.56 Å². The van der Waals surface area contributed by atoms with Crippen molar-refractivity contribution in [2.24, 2.45) is 0 Å². The number of fused-ring (bicyclic) bond motifs is 14. The van der Waals surface area contributed by atoms with Gasteiger partial charge >= 0.3 is 0 Å². The first-order chi connectivity index (χ1) is 28.1. The van der Waals surface area contributed by atoms with E-state index >= 15 is 0 Å². The number of nitriles is 1. The molecule has 0 amide bonds. The van der Waals surface area contributed by atoms with Gasteiger partial charge in [0.15, 0.2) is 5.69 Å². The van der Waals surface area contributed by atoms with Gasteiger partial charge in [0.05, 0.1) is 40.3 Å². The van der Waals surface area contributed by atoms with E-state index in [1.165, 1.54) is 76.2 Å². The normalized spacial score (nSPS) is 11.2. The van der Waals surface area contributed by atoms with Crippen molar-refractivity contribution in [3.8, 4) is 11.8 Å². The van der Waals surface area contributed by atoms with Crippen molar-refractivity contribution in [2.45, 2.75) is 0 Å². The standard InChI is InChI=1S/C25H15N3.C18H12N2.C7H4BrN/c1-26-16-10-12-17(13-11-16)28-22-9-5-3-7-20(22)24-23(28)15-14-19-18-6-2-4-8-21(18)27-25(19)24;1-3-7-14-11(5-1)12-9-10-16-17(18(12)20-14)13-6-2-4-8-15(13)19-16;8-7-3-1-6(5-9)2-4-7/h2-15,27H;1-10,19-20H;1-4H. The van der Waals surface area contributed by atoms with E-state index < -0.39 is 0 Å². The SMILES string of the molecule is N#Cc1ccc(Br)cc1.[C-]#[N+]c1ccc(-n2c3ccccc3c3c4[nH]c5ccccc5c4ccc32)cc1.c1ccc2c(c1)[nH]c1c2ccc2[nH]c3ccccc3c21. The molecule has 0 unspecified atom stereocenters. The lowest BCUT2D eigenvalue weighted by atomic mass is 10.1. The Hall–Kier alpha value is -7.58. The molecule has 0 aliphatic carbocycles. The lowest BCUT2D eigenvalue weighted by Crippen LogP contribution is -1.92. The maximum atomic E-state index is 8.36. The highest BCUT2D eigenvalue weighted by Crippen LogP contribution is 2.39. The molecule has 6 nitrogen and oxygen atoms in total. The van der Waals surface area contributed by atoms with Gasteiger partial charge in [-0.25, -0.2) is 4.85 Å². The summed E-state index contributed by atoms with van der Waals surface area (Å²) < 4.78 is 3.28. The topological polar surface area (TPSA) is 80.4 Å². The minimum atomic E-state index is 0.655. The zero-order chi connectivity index (χ0) is 38.5. The van der Waals surface area contributed by atoms with Crippen molar-refractivity contribution in [1.29, 1.82) is 5.26 Å². The molecule has 0 radical (unpaired) electrons. The van der Waals surface area contributed by atoms with E-state index in [1.54, 1.807) is 12.1 Å². The van der Waals surface area contributed by atoms with Crippen LogP contribution in [-0.2, 0) is 0 Å². The van der Waals surface area contributed by atoms with Gasteiger partial charge in [-0.1, -0.05) is 113 Å². The first-order valence-electron chi connectivity index (χ1n) is 18.6. The van der Waals surface area contributed by atoms with E-state index in [0.717, 1.165) is 21.2 Å². The average molecular weight is 796 g/mol. The number of aromatic amines is 3. The summed E-state index contributed by atoms with van der Waals surface area (Å²) in [5.74, 6) is 0. The predicted molar refractivity (Wildman–Crippen MR) is 240 cm³/mol. The molecule has 0 fully saturated rings. The van der Waals surface area contributed by atoms with Crippen LogP contribution in [0.5, 0.6) is 0 Å². The van der Waals surface area contributed by atoms with Gasteiger partial charge in [0.25, 0.3) is 0 Å². The zero-order valence-electron chi connectivity index (χ0n) is 30.4. The van der Waals surface area contributed by atoms with Crippen molar-refractivity contribution in [3.05, 3.63) is 191 Å². The molecule has 0 bridgehead atoms. The molecule has 3 N–H and O–H groups in total. The van der Waals surface area contributed by atoms with E-state index in [9.17, 15) is 0 Å². The van der Waals surface area contributed by atoms with E-state index in [0.29, 0.717) is 11.3 Å². The Balaban J connectivity index is 0.000000118. The molecule has 0 aliphatic heterocycles. The number of H-pyrrole nitrogens is 3. The molecule has 0 saturated carbocycles. The molecule has 0 spiro atoms. The Labute approximate surface area is 335 Å². The third kappa shape index (κ3) is 5.77. The van der Waals surface area contributed by atoms with Crippen LogP contribution in [0.15, 0.2) is 174 Å². The van der Waals surface area contributed by atoms with Crippen LogP contribution in [-0.4, -0.2) is 19.5 Å². The van der Waals surface area contributed by atoms with Crippen LogP contribution in [0.25, 0.3) is 97.8 Å². The summed E-state index contributed by atoms with van der Waals surface area (Å²) in [6.45, 7) is 7.21. The van der Waals surface area contributed by atoms with Gasteiger partial charge in [0, 0.05) is 75.3 Å². The molecule has 0 saturated heterocycles. The second kappa shape index (κ2) is 13.9. The van der Waals surface area contributed by atoms with Crippen LogP contribution in [0, 0.1) is 17.9 Å². The number of halogens is 1. The molecule has 4 heterocycles. The maximum absolute atomic E-state index is 8.36. The smallest absolute Gasteiger partial charge is 0.187 e. The van der Waals surface area contributed by atoms with Crippen molar-refractivity contribution < 1.29 is 0 Å². The Bertz CT molecular complexity index is 3550. The molecule has 8 aromatic carbocycles. The number of para-hydroxylation sites is 4. The van der Waals surface area contributed by atoms with Crippen LogP contribution in [0.4, 0.5) is 5.69 Å². The summed E-state index contributed by atoms with van der Waals surface area (Å²) in [5.41, 5.74) is 11.9. The van der Waals surface area contributed by atoms with Gasteiger partial charge in [-0.3, -0.25) is 0 Å². The summed E-state index contributed by atoms with van der Waals surface area (Å²) >= 11 is 3.27. The van der Waals surface area contributed by atoms with Crippen molar-refractivity contribution in [1.82, 2.24) is 19.5 Å². The number of nitrogens with zero attached hydrogens (tertiary/aromatic N) is 3. The van der Waals surface area contributed by atoms with Gasteiger partial charge in [0.2, 0.25) is 0 Å². The average Bonchev–Trinajstić information content (AvgIpc) is 4.03.